The van der Waals surface area contributed by atoms with Crippen LogP contribution in [0.3, 0.4) is 0 Å². The zero-order chi connectivity index (χ0) is 12.8. The Balaban J connectivity index is 2.77. The van der Waals surface area contributed by atoms with Gasteiger partial charge in [0.1, 0.15) is 0 Å². The lowest BCUT2D eigenvalue weighted by molar-refractivity contribution is -0.136. The highest BCUT2D eigenvalue weighted by Gasteiger charge is 2.14. The molecule has 0 fully saturated rings. The van der Waals surface area contributed by atoms with Crippen LogP contribution in [0.1, 0.15) is 41.8 Å². The minimum absolute atomic E-state index is 0.172. The van der Waals surface area contributed by atoms with E-state index in [4.69, 9.17) is 9.84 Å². The predicted octanol–water partition coefficient (Wildman–Crippen LogP) is 2.47. The molecule has 0 unspecified atom stereocenters. The number of carbonyl (C=O) groups is 1. The number of hydrogen-bond donors (Lipinski definition) is 1. The summed E-state index contributed by atoms with van der Waals surface area (Å²) >= 11 is 1.62. The highest BCUT2D eigenvalue weighted by molar-refractivity contribution is 7.11. The average Bonchev–Trinajstić information content (AvgIpc) is 2.67. The van der Waals surface area contributed by atoms with Gasteiger partial charge in [-0.2, -0.15) is 0 Å². The van der Waals surface area contributed by atoms with Crippen LogP contribution >= 0.6 is 11.3 Å². The molecule has 4 nitrogen and oxygen atoms in total. The van der Waals surface area contributed by atoms with E-state index in [0.717, 1.165) is 22.0 Å². The molecule has 5 heteroatoms. The minimum Gasteiger partial charge on any atom is -0.481 e. The second-order valence-corrected chi connectivity index (χ2v) is 5.38. The molecule has 1 rings (SSSR count). The summed E-state index contributed by atoms with van der Waals surface area (Å²) in [5, 5.41) is 9.75. The molecule has 0 spiro atoms. The molecule has 0 saturated heterocycles. The van der Waals surface area contributed by atoms with Crippen molar-refractivity contribution >= 4 is 17.3 Å². The van der Waals surface area contributed by atoms with Crippen molar-refractivity contribution in [2.24, 2.45) is 0 Å². The smallest absolute Gasteiger partial charge is 0.303 e. The zero-order valence-corrected chi connectivity index (χ0v) is 11.3. The summed E-state index contributed by atoms with van der Waals surface area (Å²) in [5.74, 6) is -0.419. The van der Waals surface area contributed by atoms with Crippen molar-refractivity contribution in [3.63, 3.8) is 0 Å². The predicted molar refractivity (Wildman–Crippen MR) is 67.7 cm³/mol. The molecule has 0 radical (unpaired) electrons. The summed E-state index contributed by atoms with van der Waals surface area (Å²) in [4.78, 5) is 16.3. The van der Waals surface area contributed by atoms with E-state index in [1.54, 1.807) is 18.4 Å². The number of aliphatic carboxylic acids is 1. The molecule has 1 N–H and O–H groups in total. The number of rotatable bonds is 7. The second-order valence-electron chi connectivity index (χ2n) is 4.21. The molecular weight excluding hydrogens is 238 g/mol. The van der Waals surface area contributed by atoms with E-state index in [-0.39, 0.29) is 6.42 Å². The molecule has 1 aromatic rings. The highest BCUT2D eigenvalue weighted by Crippen LogP contribution is 2.26. The first-order chi connectivity index (χ1) is 8.04. The topological polar surface area (TPSA) is 59.4 Å². The number of thiazole rings is 1. The van der Waals surface area contributed by atoms with E-state index in [9.17, 15) is 4.79 Å². The molecule has 0 saturated carbocycles. The maximum absolute atomic E-state index is 10.6. The Morgan fingerprint density at radius 3 is 2.71 bits per heavy atom. The van der Waals surface area contributed by atoms with Crippen LogP contribution in [0.25, 0.3) is 0 Å². The first-order valence-corrected chi connectivity index (χ1v) is 6.55. The van der Waals surface area contributed by atoms with Crippen molar-refractivity contribution < 1.29 is 14.6 Å². The van der Waals surface area contributed by atoms with Gasteiger partial charge in [0.15, 0.2) is 0 Å². The molecule has 0 aliphatic rings. The van der Waals surface area contributed by atoms with E-state index < -0.39 is 5.97 Å². The van der Waals surface area contributed by atoms with Gasteiger partial charge in [0, 0.05) is 18.4 Å². The highest BCUT2D eigenvalue weighted by atomic mass is 32.1. The fourth-order valence-electron chi connectivity index (χ4n) is 1.56. The van der Waals surface area contributed by atoms with Crippen molar-refractivity contribution in [3.8, 4) is 0 Å². The third kappa shape index (κ3) is 4.44. The Hall–Kier alpha value is -0.940. The van der Waals surface area contributed by atoms with Crippen molar-refractivity contribution in [2.45, 2.75) is 39.0 Å². The maximum atomic E-state index is 10.6. The number of carboxylic acids is 1. The van der Waals surface area contributed by atoms with Gasteiger partial charge in [-0.05, 0) is 12.3 Å². The SMILES string of the molecule is COCCc1nc(C(C)C)c(CCC(=O)O)s1. The third-order valence-corrected chi connectivity index (χ3v) is 3.60. The number of aromatic nitrogens is 1. The summed E-state index contributed by atoms with van der Waals surface area (Å²) in [6.45, 7) is 4.82. The Labute approximate surface area is 106 Å². The summed E-state index contributed by atoms with van der Waals surface area (Å²) in [6, 6.07) is 0. The van der Waals surface area contributed by atoms with Crippen LogP contribution in [0.5, 0.6) is 0 Å². The molecule has 96 valence electrons. The first kappa shape index (κ1) is 14.1. The number of aryl methyl sites for hydroxylation is 1. The molecule has 17 heavy (non-hydrogen) atoms. The van der Waals surface area contributed by atoms with Gasteiger partial charge in [0.2, 0.25) is 0 Å². The number of ether oxygens (including phenoxy) is 1. The van der Waals surface area contributed by atoms with Crippen molar-refractivity contribution in [3.05, 3.63) is 15.6 Å². The Bertz CT molecular complexity index is 374. The van der Waals surface area contributed by atoms with Crippen LogP contribution in [-0.2, 0) is 22.4 Å². The Morgan fingerprint density at radius 2 is 2.18 bits per heavy atom. The fourth-order valence-corrected chi connectivity index (χ4v) is 2.76. The van der Waals surface area contributed by atoms with Crippen molar-refractivity contribution in [1.29, 1.82) is 0 Å². The van der Waals surface area contributed by atoms with Gasteiger partial charge < -0.3 is 9.84 Å². The standard InChI is InChI=1S/C12H19NO3S/c1-8(2)12-9(4-5-11(14)15)17-10(13-12)6-7-16-3/h8H,4-7H2,1-3H3,(H,14,15). The van der Waals surface area contributed by atoms with Crippen LogP contribution in [0, 0.1) is 0 Å². The second kappa shape index (κ2) is 6.71. The maximum Gasteiger partial charge on any atom is 0.303 e. The summed E-state index contributed by atoms with van der Waals surface area (Å²) < 4.78 is 5.03. The zero-order valence-electron chi connectivity index (χ0n) is 10.5. The van der Waals surface area contributed by atoms with Gasteiger partial charge in [-0.25, -0.2) is 4.98 Å². The van der Waals surface area contributed by atoms with Crippen LogP contribution < -0.4 is 0 Å². The molecule has 0 aliphatic heterocycles. The number of nitrogens with zero attached hydrogens (tertiary/aromatic N) is 1. The Morgan fingerprint density at radius 1 is 1.47 bits per heavy atom. The third-order valence-electron chi connectivity index (χ3n) is 2.40. The number of methoxy groups -OCH3 is 1. The van der Waals surface area contributed by atoms with Gasteiger partial charge in [-0.15, -0.1) is 11.3 Å². The van der Waals surface area contributed by atoms with E-state index in [1.165, 1.54) is 0 Å². The fraction of sp³-hybridized carbons (Fsp3) is 0.667. The van der Waals surface area contributed by atoms with Gasteiger partial charge in [-0.1, -0.05) is 13.8 Å². The summed E-state index contributed by atoms with van der Waals surface area (Å²) in [5.41, 5.74) is 1.04. The van der Waals surface area contributed by atoms with Crippen molar-refractivity contribution in [2.75, 3.05) is 13.7 Å². The van der Waals surface area contributed by atoms with E-state index in [2.05, 4.69) is 18.8 Å². The van der Waals surface area contributed by atoms with Crippen LogP contribution in [0.15, 0.2) is 0 Å². The first-order valence-electron chi connectivity index (χ1n) is 5.73. The van der Waals surface area contributed by atoms with E-state index >= 15 is 0 Å². The lowest BCUT2D eigenvalue weighted by Gasteiger charge is -2.03. The number of hydrogen-bond acceptors (Lipinski definition) is 4. The summed E-state index contributed by atoms with van der Waals surface area (Å²) in [6.07, 6.45) is 1.55. The van der Waals surface area contributed by atoms with Gasteiger partial charge >= 0.3 is 5.97 Å². The Kier molecular flexibility index (Phi) is 5.58. The van der Waals surface area contributed by atoms with Gasteiger partial charge in [0.25, 0.3) is 0 Å². The summed E-state index contributed by atoms with van der Waals surface area (Å²) in [7, 11) is 1.67. The van der Waals surface area contributed by atoms with Gasteiger partial charge in [-0.3, -0.25) is 4.79 Å². The van der Waals surface area contributed by atoms with E-state index in [0.29, 0.717) is 18.9 Å². The van der Waals surface area contributed by atoms with Gasteiger partial charge in [0.05, 0.1) is 23.7 Å². The molecule has 0 bridgehead atoms. The van der Waals surface area contributed by atoms with Crippen LogP contribution in [0.4, 0.5) is 0 Å². The van der Waals surface area contributed by atoms with Crippen LogP contribution in [0.2, 0.25) is 0 Å². The normalized spacial score (nSPS) is 11.1. The molecule has 1 heterocycles. The number of carboxylic acid groups (broad SMARTS) is 1. The minimum atomic E-state index is -0.758. The van der Waals surface area contributed by atoms with Crippen LogP contribution in [-0.4, -0.2) is 29.8 Å². The molecule has 1 aromatic heterocycles. The molecular formula is C12H19NO3S. The average molecular weight is 257 g/mol. The molecule has 0 aromatic carbocycles. The largest absolute Gasteiger partial charge is 0.481 e. The monoisotopic (exact) mass is 257 g/mol. The quantitative estimate of drug-likeness (QED) is 0.815. The molecule has 0 aliphatic carbocycles. The molecule has 0 amide bonds. The van der Waals surface area contributed by atoms with E-state index in [1.807, 2.05) is 0 Å². The lowest BCUT2D eigenvalue weighted by Crippen LogP contribution is -2.00. The van der Waals surface area contributed by atoms with Crippen molar-refractivity contribution in [1.82, 2.24) is 4.98 Å². The lowest BCUT2D eigenvalue weighted by atomic mass is 10.1. The molecule has 0 atom stereocenters.